The van der Waals surface area contributed by atoms with Crippen LogP contribution in [0.25, 0.3) is 5.65 Å². The highest BCUT2D eigenvalue weighted by Crippen LogP contribution is 2.27. The van der Waals surface area contributed by atoms with Gasteiger partial charge in [-0.3, -0.25) is 9.59 Å². The second-order valence-electron chi connectivity index (χ2n) is 7.95. The minimum Gasteiger partial charge on any atom is -0.400 e. The lowest BCUT2D eigenvalue weighted by atomic mass is 9.95. The first kappa shape index (κ1) is 25.2. The van der Waals surface area contributed by atoms with Crippen molar-refractivity contribution in [3.8, 4) is 0 Å². The second-order valence-corrected chi connectivity index (χ2v) is 7.95. The Morgan fingerprint density at radius 3 is 2.71 bits per heavy atom. The summed E-state index contributed by atoms with van der Waals surface area (Å²) in [7, 11) is 2.75. The zero-order chi connectivity index (χ0) is 24.5. The van der Waals surface area contributed by atoms with Crippen molar-refractivity contribution in [3.05, 3.63) is 46.5 Å². The van der Waals surface area contributed by atoms with Gasteiger partial charge in [-0.1, -0.05) is 19.3 Å². The molecule has 0 atom stereocenters. The fourth-order valence-corrected chi connectivity index (χ4v) is 4.13. The normalized spacial score (nSPS) is 13.8. The number of nitrogens with one attached hydrogen (secondary N) is 3. The molecule has 1 saturated carbocycles. The molecule has 11 heteroatoms. The first-order valence-corrected chi connectivity index (χ1v) is 11.5. The van der Waals surface area contributed by atoms with Crippen LogP contribution in [0.2, 0.25) is 0 Å². The van der Waals surface area contributed by atoms with Gasteiger partial charge in [0.25, 0.3) is 11.5 Å². The summed E-state index contributed by atoms with van der Waals surface area (Å²) in [5.74, 6) is 0.736. The topological polar surface area (TPSA) is 146 Å². The molecular formula is C23H33N7O4. The Bertz CT molecular complexity index is 1150. The number of carbonyl (C=O) groups is 1. The monoisotopic (exact) mass is 471 g/mol. The second kappa shape index (κ2) is 12.1. The molecule has 0 aliphatic heterocycles. The Labute approximate surface area is 197 Å². The number of rotatable bonds is 8. The van der Waals surface area contributed by atoms with E-state index in [0.29, 0.717) is 41.5 Å². The summed E-state index contributed by atoms with van der Waals surface area (Å²) in [6.07, 6.45) is 9.32. The number of pyridine rings is 1. The molecule has 0 radical (unpaired) electrons. The molecule has 3 aromatic rings. The molecule has 3 heterocycles. The first-order valence-electron chi connectivity index (χ1n) is 11.5. The third-order valence-corrected chi connectivity index (χ3v) is 5.80. The van der Waals surface area contributed by atoms with Crippen molar-refractivity contribution < 1.29 is 15.0 Å². The van der Waals surface area contributed by atoms with Crippen molar-refractivity contribution in [2.24, 2.45) is 0 Å². The van der Waals surface area contributed by atoms with Crippen molar-refractivity contribution in [1.82, 2.24) is 24.5 Å². The van der Waals surface area contributed by atoms with E-state index in [4.69, 9.17) is 10.2 Å². The molecule has 0 saturated heterocycles. The van der Waals surface area contributed by atoms with Crippen LogP contribution in [0.1, 0.15) is 54.9 Å². The van der Waals surface area contributed by atoms with Gasteiger partial charge in [0.15, 0.2) is 5.65 Å². The predicted octanol–water partition coefficient (Wildman–Crippen LogP) is 1.90. The van der Waals surface area contributed by atoms with Gasteiger partial charge in [-0.25, -0.2) is 4.98 Å². The van der Waals surface area contributed by atoms with E-state index < -0.39 is 0 Å². The lowest BCUT2D eigenvalue weighted by Crippen LogP contribution is -2.27. The van der Waals surface area contributed by atoms with E-state index >= 15 is 0 Å². The van der Waals surface area contributed by atoms with Crippen LogP contribution in [-0.4, -0.2) is 62.6 Å². The van der Waals surface area contributed by atoms with Gasteiger partial charge in [0.1, 0.15) is 22.9 Å². The van der Waals surface area contributed by atoms with Gasteiger partial charge in [-0.2, -0.15) is 9.61 Å². The molecule has 0 unspecified atom stereocenters. The summed E-state index contributed by atoms with van der Waals surface area (Å²) >= 11 is 0. The van der Waals surface area contributed by atoms with Crippen LogP contribution in [-0.2, 0) is 0 Å². The Kier molecular flexibility index (Phi) is 9.00. The van der Waals surface area contributed by atoms with Gasteiger partial charge in [0.2, 0.25) is 0 Å². The number of aliphatic hydroxyl groups is 2. The Morgan fingerprint density at radius 1 is 1.24 bits per heavy atom. The maximum atomic E-state index is 13.1. The lowest BCUT2D eigenvalue weighted by Gasteiger charge is -2.24. The lowest BCUT2D eigenvalue weighted by molar-refractivity contribution is 0.0952. The van der Waals surface area contributed by atoms with E-state index in [-0.39, 0.29) is 24.1 Å². The third kappa shape index (κ3) is 5.54. The first-order chi connectivity index (χ1) is 16.6. The molecule has 184 valence electrons. The van der Waals surface area contributed by atoms with Crippen molar-refractivity contribution in [2.45, 2.75) is 44.6 Å². The van der Waals surface area contributed by atoms with E-state index in [1.54, 1.807) is 19.2 Å². The SMILES string of the molecule is CNc1cc(Nc2cccn(C3CCCCC3)c2=O)nc2c(C(=O)NCCCO)cnn12.CO. The number of anilines is 3. The van der Waals surface area contributed by atoms with Crippen LogP contribution >= 0.6 is 0 Å². The molecule has 4 rings (SSSR count). The number of hydrogen-bond acceptors (Lipinski definition) is 8. The molecular weight excluding hydrogens is 438 g/mol. The summed E-state index contributed by atoms with van der Waals surface area (Å²) in [6, 6.07) is 5.58. The quantitative estimate of drug-likeness (QED) is 0.313. The molecule has 0 bridgehead atoms. The molecule has 0 aromatic carbocycles. The van der Waals surface area contributed by atoms with Gasteiger partial charge < -0.3 is 30.7 Å². The van der Waals surface area contributed by atoms with E-state index in [1.807, 2.05) is 16.8 Å². The molecule has 0 spiro atoms. The fourth-order valence-electron chi connectivity index (χ4n) is 4.13. The molecule has 5 N–H and O–H groups in total. The summed E-state index contributed by atoms with van der Waals surface area (Å²) < 4.78 is 3.36. The largest absolute Gasteiger partial charge is 0.400 e. The number of fused-ring (bicyclic) bond motifs is 1. The average Bonchev–Trinajstić information content (AvgIpc) is 3.31. The van der Waals surface area contributed by atoms with Crippen molar-refractivity contribution in [2.75, 3.05) is 37.9 Å². The minimum atomic E-state index is -0.320. The van der Waals surface area contributed by atoms with Crippen molar-refractivity contribution in [3.63, 3.8) is 0 Å². The van der Waals surface area contributed by atoms with Crippen LogP contribution < -0.4 is 21.5 Å². The van der Waals surface area contributed by atoms with Crippen LogP contribution in [0.5, 0.6) is 0 Å². The summed E-state index contributed by atoms with van der Waals surface area (Å²) in [4.78, 5) is 30.2. The zero-order valence-electron chi connectivity index (χ0n) is 19.6. The zero-order valence-corrected chi connectivity index (χ0v) is 19.6. The highest BCUT2D eigenvalue weighted by atomic mass is 16.3. The maximum absolute atomic E-state index is 13.1. The molecule has 1 amide bonds. The molecule has 3 aromatic heterocycles. The predicted molar refractivity (Wildman–Crippen MR) is 131 cm³/mol. The van der Waals surface area contributed by atoms with E-state index in [9.17, 15) is 9.59 Å². The fraction of sp³-hybridized carbons (Fsp3) is 0.478. The number of aromatic nitrogens is 4. The molecule has 1 aliphatic carbocycles. The smallest absolute Gasteiger partial charge is 0.274 e. The van der Waals surface area contributed by atoms with E-state index in [1.165, 1.54) is 17.1 Å². The summed E-state index contributed by atoms with van der Waals surface area (Å²) in [5, 5.41) is 29.1. The molecule has 11 nitrogen and oxygen atoms in total. The highest BCUT2D eigenvalue weighted by molar-refractivity contribution is 6.00. The number of hydrogen-bond donors (Lipinski definition) is 5. The Balaban J connectivity index is 0.00000158. The summed E-state index contributed by atoms with van der Waals surface area (Å²) in [5.41, 5.74) is 1.04. The van der Waals surface area contributed by atoms with Gasteiger partial charge in [0.05, 0.1) is 6.20 Å². The number of aliphatic hydroxyl groups excluding tert-OH is 2. The molecule has 1 fully saturated rings. The Morgan fingerprint density at radius 2 is 2.00 bits per heavy atom. The van der Waals surface area contributed by atoms with Crippen LogP contribution in [0.3, 0.4) is 0 Å². The molecule has 34 heavy (non-hydrogen) atoms. The number of carbonyl (C=O) groups excluding carboxylic acids is 1. The van der Waals surface area contributed by atoms with Gasteiger partial charge in [-0.15, -0.1) is 0 Å². The molecule has 1 aliphatic rings. The number of nitrogens with zero attached hydrogens (tertiary/aromatic N) is 4. The van der Waals surface area contributed by atoms with E-state index in [0.717, 1.165) is 32.8 Å². The Hall–Kier alpha value is -3.44. The van der Waals surface area contributed by atoms with Crippen molar-refractivity contribution >= 4 is 28.9 Å². The van der Waals surface area contributed by atoms with E-state index in [2.05, 4.69) is 26.0 Å². The standard InChI is InChI=1S/C22H29N7O3.CH4O/c1-23-19-13-18(27-20-16(14-25-29(19)20)21(31)24-10-6-12-30)26-17-9-5-11-28(22(17)32)15-7-3-2-4-8-15;1-2/h5,9,11,13-15,23,30H,2-4,6-8,10,12H2,1H3,(H,24,31)(H,26,27);2H,1H3. The third-order valence-electron chi connectivity index (χ3n) is 5.80. The minimum absolute atomic E-state index is 0.000716. The summed E-state index contributed by atoms with van der Waals surface area (Å²) in [6.45, 7) is 0.356. The number of amides is 1. The van der Waals surface area contributed by atoms with Gasteiger partial charge >= 0.3 is 0 Å². The maximum Gasteiger partial charge on any atom is 0.274 e. The van der Waals surface area contributed by atoms with Crippen LogP contribution in [0.4, 0.5) is 17.3 Å². The van der Waals surface area contributed by atoms with Gasteiger partial charge in [-0.05, 0) is 31.4 Å². The van der Waals surface area contributed by atoms with Crippen molar-refractivity contribution in [1.29, 1.82) is 0 Å². The van der Waals surface area contributed by atoms with Crippen LogP contribution in [0.15, 0.2) is 35.4 Å². The highest BCUT2D eigenvalue weighted by Gasteiger charge is 2.19. The average molecular weight is 472 g/mol. The van der Waals surface area contributed by atoms with Crippen LogP contribution in [0, 0.1) is 0 Å². The van der Waals surface area contributed by atoms with Gasteiger partial charge in [0, 0.05) is 45.6 Å².